The van der Waals surface area contributed by atoms with E-state index in [1.54, 1.807) is 39.1 Å². The summed E-state index contributed by atoms with van der Waals surface area (Å²) in [6.45, 7) is 3.45. The van der Waals surface area contributed by atoms with Crippen LogP contribution in [0.3, 0.4) is 0 Å². The van der Waals surface area contributed by atoms with Crippen molar-refractivity contribution in [3.05, 3.63) is 69.4 Å². The van der Waals surface area contributed by atoms with Crippen LogP contribution in [-0.4, -0.2) is 10.5 Å². The Morgan fingerprint density at radius 1 is 1.29 bits per heavy atom. The molecule has 1 unspecified atom stereocenters. The molecule has 0 aliphatic rings. The first-order chi connectivity index (χ1) is 9.88. The number of rotatable bonds is 3. The lowest BCUT2D eigenvalue weighted by molar-refractivity contribution is 0.0939. The van der Waals surface area contributed by atoms with Crippen molar-refractivity contribution in [2.24, 2.45) is 7.05 Å². The number of nitrogens with one attached hydrogen (secondary N) is 1. The SMILES string of the molecule is Cc1ccc(C(C)NC(=O)c2ccn(C)c(=O)c2)cc1F. The quantitative estimate of drug-likeness (QED) is 0.942. The summed E-state index contributed by atoms with van der Waals surface area (Å²) >= 11 is 0. The standard InChI is InChI=1S/C16H17FN2O2/c1-10-4-5-12(8-14(10)17)11(2)18-16(21)13-6-7-19(3)15(20)9-13/h4-9,11H,1-3H3,(H,18,21). The third kappa shape index (κ3) is 3.37. The Kier molecular flexibility index (Phi) is 4.21. The predicted molar refractivity (Wildman–Crippen MR) is 78.7 cm³/mol. The number of halogens is 1. The average Bonchev–Trinajstić information content (AvgIpc) is 2.44. The summed E-state index contributed by atoms with van der Waals surface area (Å²) in [4.78, 5) is 23.6. The molecule has 1 atom stereocenters. The third-order valence-electron chi connectivity index (χ3n) is 3.41. The van der Waals surface area contributed by atoms with Crippen molar-refractivity contribution in [2.75, 3.05) is 0 Å². The van der Waals surface area contributed by atoms with E-state index < -0.39 is 0 Å². The lowest BCUT2D eigenvalue weighted by Crippen LogP contribution is -2.28. The Morgan fingerprint density at radius 3 is 2.62 bits per heavy atom. The molecule has 0 spiro atoms. The number of hydrogen-bond acceptors (Lipinski definition) is 2. The zero-order valence-electron chi connectivity index (χ0n) is 12.2. The van der Waals surface area contributed by atoms with E-state index in [1.807, 2.05) is 0 Å². The maximum Gasteiger partial charge on any atom is 0.252 e. The van der Waals surface area contributed by atoms with Crippen molar-refractivity contribution >= 4 is 5.91 Å². The van der Waals surface area contributed by atoms with Gasteiger partial charge in [-0.2, -0.15) is 0 Å². The number of carbonyl (C=O) groups excluding carboxylic acids is 1. The van der Waals surface area contributed by atoms with Gasteiger partial charge in [0, 0.05) is 24.9 Å². The molecule has 0 aliphatic heterocycles. The van der Waals surface area contributed by atoms with Crippen LogP contribution in [0.15, 0.2) is 41.3 Å². The van der Waals surface area contributed by atoms with E-state index >= 15 is 0 Å². The maximum atomic E-state index is 13.5. The third-order valence-corrected chi connectivity index (χ3v) is 3.41. The van der Waals surface area contributed by atoms with Gasteiger partial charge in [-0.3, -0.25) is 9.59 Å². The molecule has 2 aromatic rings. The van der Waals surface area contributed by atoms with Crippen molar-refractivity contribution in [3.63, 3.8) is 0 Å². The van der Waals surface area contributed by atoms with Gasteiger partial charge in [-0.05, 0) is 37.1 Å². The van der Waals surface area contributed by atoms with Crippen LogP contribution >= 0.6 is 0 Å². The fourth-order valence-electron chi connectivity index (χ4n) is 1.93. The first-order valence-electron chi connectivity index (χ1n) is 6.62. The summed E-state index contributed by atoms with van der Waals surface area (Å²) in [6, 6.07) is 7.34. The molecule has 0 radical (unpaired) electrons. The molecule has 0 fully saturated rings. The second-order valence-electron chi connectivity index (χ2n) is 5.07. The highest BCUT2D eigenvalue weighted by Crippen LogP contribution is 2.16. The van der Waals surface area contributed by atoms with Gasteiger partial charge in [0.15, 0.2) is 0 Å². The number of amides is 1. The molecule has 5 heteroatoms. The van der Waals surface area contributed by atoms with Crippen LogP contribution in [0.25, 0.3) is 0 Å². The van der Waals surface area contributed by atoms with Crippen molar-refractivity contribution in [2.45, 2.75) is 19.9 Å². The molecule has 0 saturated heterocycles. The van der Waals surface area contributed by atoms with Crippen molar-refractivity contribution < 1.29 is 9.18 Å². The second-order valence-corrected chi connectivity index (χ2v) is 5.07. The Labute approximate surface area is 122 Å². The highest BCUT2D eigenvalue weighted by Gasteiger charge is 2.13. The van der Waals surface area contributed by atoms with E-state index in [2.05, 4.69) is 5.32 Å². The van der Waals surface area contributed by atoms with E-state index in [9.17, 15) is 14.0 Å². The number of nitrogens with zero attached hydrogens (tertiary/aromatic N) is 1. The number of hydrogen-bond donors (Lipinski definition) is 1. The lowest BCUT2D eigenvalue weighted by Gasteiger charge is -2.15. The number of pyridine rings is 1. The van der Waals surface area contributed by atoms with Crippen LogP contribution in [0.2, 0.25) is 0 Å². The first kappa shape index (κ1) is 15.0. The monoisotopic (exact) mass is 288 g/mol. The van der Waals surface area contributed by atoms with E-state index in [1.165, 1.54) is 22.9 Å². The molecule has 1 heterocycles. The molecule has 0 saturated carbocycles. The van der Waals surface area contributed by atoms with Gasteiger partial charge in [-0.25, -0.2) is 4.39 Å². The summed E-state index contributed by atoms with van der Waals surface area (Å²) < 4.78 is 14.9. The lowest BCUT2D eigenvalue weighted by atomic mass is 10.1. The molecule has 1 amide bonds. The van der Waals surface area contributed by atoms with Crippen LogP contribution in [0.1, 0.15) is 34.5 Å². The first-order valence-corrected chi connectivity index (χ1v) is 6.62. The largest absolute Gasteiger partial charge is 0.346 e. The summed E-state index contributed by atoms with van der Waals surface area (Å²) in [5.74, 6) is -0.664. The zero-order chi connectivity index (χ0) is 15.6. The highest BCUT2D eigenvalue weighted by molar-refractivity contribution is 5.94. The summed E-state index contributed by atoms with van der Waals surface area (Å²) in [7, 11) is 1.61. The highest BCUT2D eigenvalue weighted by atomic mass is 19.1. The van der Waals surface area contributed by atoms with Crippen molar-refractivity contribution in [1.82, 2.24) is 9.88 Å². The Morgan fingerprint density at radius 2 is 2.00 bits per heavy atom. The molecule has 0 aliphatic carbocycles. The smallest absolute Gasteiger partial charge is 0.252 e. The molecule has 4 nitrogen and oxygen atoms in total. The minimum Gasteiger partial charge on any atom is -0.346 e. The van der Waals surface area contributed by atoms with Gasteiger partial charge in [0.1, 0.15) is 5.82 Å². The Bertz CT molecular complexity index is 737. The minimum atomic E-state index is -0.360. The molecule has 110 valence electrons. The molecule has 21 heavy (non-hydrogen) atoms. The van der Waals surface area contributed by atoms with Gasteiger partial charge >= 0.3 is 0 Å². The fraction of sp³-hybridized carbons (Fsp3) is 0.250. The van der Waals surface area contributed by atoms with Crippen molar-refractivity contribution in [1.29, 1.82) is 0 Å². The minimum absolute atomic E-state index is 0.253. The number of aryl methyl sites for hydroxylation is 2. The van der Waals surface area contributed by atoms with Gasteiger partial charge < -0.3 is 9.88 Å². The number of carbonyl (C=O) groups is 1. The van der Waals surface area contributed by atoms with Crippen LogP contribution < -0.4 is 10.9 Å². The topological polar surface area (TPSA) is 51.1 Å². The zero-order valence-corrected chi connectivity index (χ0v) is 12.2. The van der Waals surface area contributed by atoms with E-state index in [4.69, 9.17) is 0 Å². The summed E-state index contributed by atoms with van der Waals surface area (Å²) in [5.41, 5.74) is 1.27. The van der Waals surface area contributed by atoms with E-state index in [0.717, 1.165) is 0 Å². The molecule has 1 aromatic carbocycles. The molecular formula is C16H17FN2O2. The maximum absolute atomic E-state index is 13.5. The molecule has 0 bridgehead atoms. The molecular weight excluding hydrogens is 271 g/mol. The fourth-order valence-corrected chi connectivity index (χ4v) is 1.93. The van der Waals surface area contributed by atoms with Crippen molar-refractivity contribution in [3.8, 4) is 0 Å². The summed E-state index contributed by atoms with van der Waals surface area (Å²) in [5, 5.41) is 2.75. The normalized spacial score (nSPS) is 12.0. The molecule has 1 N–H and O–H groups in total. The van der Waals surface area contributed by atoms with Gasteiger partial charge in [0.05, 0.1) is 6.04 Å². The van der Waals surface area contributed by atoms with Crippen LogP contribution in [0.4, 0.5) is 4.39 Å². The van der Waals surface area contributed by atoms with Gasteiger partial charge in [-0.1, -0.05) is 12.1 Å². The number of benzene rings is 1. The predicted octanol–water partition coefficient (Wildman–Crippen LogP) is 2.32. The second kappa shape index (κ2) is 5.91. The van der Waals surface area contributed by atoms with E-state index in [-0.39, 0.29) is 28.9 Å². The van der Waals surface area contributed by atoms with E-state index in [0.29, 0.717) is 11.1 Å². The van der Waals surface area contributed by atoms with Gasteiger partial charge in [0.2, 0.25) is 0 Å². The summed E-state index contributed by atoms with van der Waals surface area (Å²) in [6.07, 6.45) is 1.54. The average molecular weight is 288 g/mol. The number of aromatic nitrogens is 1. The van der Waals surface area contributed by atoms with Crippen LogP contribution in [0.5, 0.6) is 0 Å². The molecule has 2 rings (SSSR count). The van der Waals surface area contributed by atoms with Gasteiger partial charge in [-0.15, -0.1) is 0 Å². The van der Waals surface area contributed by atoms with Gasteiger partial charge in [0.25, 0.3) is 11.5 Å². The molecule has 1 aromatic heterocycles. The Balaban J connectivity index is 2.16. The van der Waals surface area contributed by atoms with Crippen LogP contribution in [-0.2, 0) is 7.05 Å². The Hall–Kier alpha value is -2.43. The van der Waals surface area contributed by atoms with Crippen LogP contribution in [0, 0.1) is 12.7 Å².